The summed E-state index contributed by atoms with van der Waals surface area (Å²) in [5, 5.41) is 5.94. The van der Waals surface area contributed by atoms with Crippen molar-refractivity contribution in [1.82, 2.24) is 15.5 Å². The van der Waals surface area contributed by atoms with Crippen LogP contribution < -0.4 is 10.6 Å². The smallest absolute Gasteiger partial charge is 0.239 e. The fourth-order valence-electron chi connectivity index (χ4n) is 2.52. The van der Waals surface area contributed by atoms with Gasteiger partial charge in [0.15, 0.2) is 5.96 Å². The standard InChI is InChI=1S/C16H26N4O2/c1-15(2)11-20(16(15,3)4)14(17-5)19-10-13(21)18-9-12-7-6-8-22-12/h6-8H,9-11H2,1-5H3,(H,17,19)(H,18,21). The second kappa shape index (κ2) is 6.02. The van der Waals surface area contributed by atoms with Gasteiger partial charge in [0.05, 0.1) is 19.4 Å². The Morgan fingerprint density at radius 3 is 2.59 bits per heavy atom. The van der Waals surface area contributed by atoms with Gasteiger partial charge in [-0.05, 0) is 26.0 Å². The molecule has 0 bridgehead atoms. The first-order chi connectivity index (χ1) is 10.3. The maximum Gasteiger partial charge on any atom is 0.239 e. The molecule has 0 unspecified atom stereocenters. The Morgan fingerprint density at radius 2 is 2.09 bits per heavy atom. The summed E-state index contributed by atoms with van der Waals surface area (Å²) in [7, 11) is 1.74. The fourth-order valence-corrected chi connectivity index (χ4v) is 2.52. The molecule has 2 N–H and O–H groups in total. The molecule has 1 saturated heterocycles. The minimum Gasteiger partial charge on any atom is -0.467 e. The van der Waals surface area contributed by atoms with Gasteiger partial charge < -0.3 is 20.0 Å². The molecule has 6 nitrogen and oxygen atoms in total. The summed E-state index contributed by atoms with van der Waals surface area (Å²) in [6, 6.07) is 3.63. The number of nitrogens with one attached hydrogen (secondary N) is 2. The predicted molar refractivity (Wildman–Crippen MR) is 86.5 cm³/mol. The van der Waals surface area contributed by atoms with Crippen LogP contribution in [-0.4, -0.2) is 42.4 Å². The highest BCUT2D eigenvalue weighted by molar-refractivity contribution is 5.87. The van der Waals surface area contributed by atoms with Crippen molar-refractivity contribution in [2.45, 2.75) is 39.8 Å². The summed E-state index contributed by atoms with van der Waals surface area (Å²) in [6.45, 7) is 10.4. The molecule has 0 radical (unpaired) electrons. The lowest BCUT2D eigenvalue weighted by atomic mass is 9.65. The lowest BCUT2D eigenvalue weighted by Gasteiger charge is -2.62. The zero-order valence-corrected chi connectivity index (χ0v) is 14.1. The highest BCUT2D eigenvalue weighted by atomic mass is 16.3. The number of guanidine groups is 1. The van der Waals surface area contributed by atoms with E-state index in [1.54, 1.807) is 19.4 Å². The number of nitrogens with zero attached hydrogens (tertiary/aromatic N) is 2. The number of aliphatic imine (C=N–C) groups is 1. The summed E-state index contributed by atoms with van der Waals surface area (Å²) < 4.78 is 5.18. The van der Waals surface area contributed by atoms with E-state index in [0.717, 1.165) is 18.3 Å². The van der Waals surface area contributed by atoms with Crippen molar-refractivity contribution in [2.75, 3.05) is 20.1 Å². The molecule has 1 amide bonds. The van der Waals surface area contributed by atoms with E-state index in [-0.39, 0.29) is 23.4 Å². The lowest BCUT2D eigenvalue weighted by Crippen LogP contribution is -2.72. The lowest BCUT2D eigenvalue weighted by molar-refractivity contribution is -0.120. The third kappa shape index (κ3) is 3.10. The van der Waals surface area contributed by atoms with Crippen LogP contribution in [0.5, 0.6) is 0 Å². The highest BCUT2D eigenvalue weighted by Gasteiger charge is 2.53. The summed E-state index contributed by atoms with van der Waals surface area (Å²) in [5.41, 5.74) is 0.242. The average molecular weight is 306 g/mol. The average Bonchev–Trinajstić information content (AvgIpc) is 2.97. The molecular weight excluding hydrogens is 280 g/mol. The molecule has 122 valence electrons. The zero-order valence-electron chi connectivity index (χ0n) is 14.1. The molecule has 1 aliphatic rings. The number of amides is 1. The Bertz CT molecular complexity index is 547. The number of carbonyl (C=O) groups excluding carboxylic acids is 1. The topological polar surface area (TPSA) is 69.9 Å². The second-order valence-corrected chi connectivity index (χ2v) is 6.79. The van der Waals surface area contributed by atoms with Gasteiger partial charge in [-0.15, -0.1) is 0 Å². The van der Waals surface area contributed by atoms with Crippen molar-refractivity contribution in [3.05, 3.63) is 24.2 Å². The van der Waals surface area contributed by atoms with Crippen molar-refractivity contribution in [3.8, 4) is 0 Å². The summed E-state index contributed by atoms with van der Waals surface area (Å²) in [4.78, 5) is 18.4. The van der Waals surface area contributed by atoms with Gasteiger partial charge in [0.25, 0.3) is 0 Å². The van der Waals surface area contributed by atoms with E-state index in [4.69, 9.17) is 4.42 Å². The Hall–Kier alpha value is -1.98. The number of carbonyl (C=O) groups is 1. The van der Waals surface area contributed by atoms with Crippen molar-refractivity contribution in [2.24, 2.45) is 10.4 Å². The molecule has 0 spiro atoms. The van der Waals surface area contributed by atoms with Crippen LogP contribution in [0.4, 0.5) is 0 Å². The fraction of sp³-hybridized carbons (Fsp3) is 0.625. The van der Waals surface area contributed by atoms with Crippen LogP contribution in [0.3, 0.4) is 0 Å². The molecule has 1 aliphatic heterocycles. The highest BCUT2D eigenvalue weighted by Crippen LogP contribution is 2.46. The van der Waals surface area contributed by atoms with Crippen LogP contribution in [0, 0.1) is 5.41 Å². The van der Waals surface area contributed by atoms with E-state index in [1.807, 2.05) is 6.07 Å². The zero-order chi connectivity index (χ0) is 16.4. The van der Waals surface area contributed by atoms with Crippen molar-refractivity contribution < 1.29 is 9.21 Å². The first kappa shape index (κ1) is 16.4. The number of furan rings is 1. The number of hydrogen-bond acceptors (Lipinski definition) is 3. The monoisotopic (exact) mass is 306 g/mol. The maximum absolute atomic E-state index is 11.9. The van der Waals surface area contributed by atoms with Gasteiger partial charge in [-0.3, -0.25) is 9.79 Å². The molecule has 2 rings (SSSR count). The summed E-state index contributed by atoms with van der Waals surface area (Å²) in [5.74, 6) is 1.41. The van der Waals surface area contributed by atoms with Crippen LogP contribution in [0.25, 0.3) is 0 Å². The van der Waals surface area contributed by atoms with Crippen molar-refractivity contribution in [1.29, 1.82) is 0 Å². The normalized spacial score (nSPS) is 19.5. The Morgan fingerprint density at radius 1 is 1.36 bits per heavy atom. The van der Waals surface area contributed by atoms with Gasteiger partial charge in [-0.25, -0.2) is 0 Å². The maximum atomic E-state index is 11.9. The Kier molecular flexibility index (Phi) is 4.49. The first-order valence-electron chi connectivity index (χ1n) is 7.55. The third-order valence-electron chi connectivity index (χ3n) is 4.80. The van der Waals surface area contributed by atoms with Gasteiger partial charge in [0.2, 0.25) is 5.91 Å². The Labute approximate surface area is 132 Å². The molecule has 6 heteroatoms. The van der Waals surface area contributed by atoms with Crippen LogP contribution >= 0.6 is 0 Å². The van der Waals surface area contributed by atoms with Crippen LogP contribution in [0.15, 0.2) is 27.8 Å². The second-order valence-electron chi connectivity index (χ2n) is 6.79. The largest absolute Gasteiger partial charge is 0.467 e. The van der Waals surface area contributed by atoms with Gasteiger partial charge in [-0.1, -0.05) is 13.8 Å². The van der Waals surface area contributed by atoms with Crippen molar-refractivity contribution in [3.63, 3.8) is 0 Å². The van der Waals surface area contributed by atoms with E-state index in [0.29, 0.717) is 6.54 Å². The summed E-state index contributed by atoms with van der Waals surface area (Å²) in [6.07, 6.45) is 1.59. The van der Waals surface area contributed by atoms with E-state index < -0.39 is 0 Å². The van der Waals surface area contributed by atoms with E-state index >= 15 is 0 Å². The quantitative estimate of drug-likeness (QED) is 0.655. The number of hydrogen-bond donors (Lipinski definition) is 2. The van der Waals surface area contributed by atoms with Gasteiger partial charge in [-0.2, -0.15) is 0 Å². The molecular formula is C16H26N4O2. The molecule has 22 heavy (non-hydrogen) atoms. The molecule has 1 aromatic heterocycles. The summed E-state index contributed by atoms with van der Waals surface area (Å²) >= 11 is 0. The molecule has 1 fully saturated rings. The van der Waals surface area contributed by atoms with E-state index in [2.05, 4.69) is 48.2 Å². The number of rotatable bonds is 4. The Balaban J connectivity index is 1.81. The first-order valence-corrected chi connectivity index (χ1v) is 7.55. The molecule has 2 heterocycles. The molecule has 0 saturated carbocycles. The molecule has 0 aromatic carbocycles. The molecule has 0 atom stereocenters. The minimum absolute atomic E-state index is 0.0134. The number of likely N-dealkylation sites (tertiary alicyclic amines) is 1. The van der Waals surface area contributed by atoms with Crippen LogP contribution in [0.2, 0.25) is 0 Å². The van der Waals surface area contributed by atoms with Crippen LogP contribution in [-0.2, 0) is 11.3 Å². The minimum atomic E-state index is -0.0878. The van der Waals surface area contributed by atoms with Gasteiger partial charge in [0, 0.05) is 24.5 Å². The predicted octanol–water partition coefficient (Wildman–Crippen LogP) is 1.59. The third-order valence-corrected chi connectivity index (χ3v) is 4.80. The molecule has 1 aromatic rings. The van der Waals surface area contributed by atoms with Gasteiger partial charge >= 0.3 is 0 Å². The van der Waals surface area contributed by atoms with Crippen LogP contribution in [0.1, 0.15) is 33.5 Å². The molecule has 0 aliphatic carbocycles. The SMILES string of the molecule is CN=C(NCC(=O)NCc1ccco1)N1CC(C)(C)C1(C)C. The van der Waals surface area contributed by atoms with E-state index in [9.17, 15) is 4.79 Å². The van der Waals surface area contributed by atoms with Gasteiger partial charge in [0.1, 0.15) is 5.76 Å². The van der Waals surface area contributed by atoms with E-state index in [1.165, 1.54) is 0 Å². The van der Waals surface area contributed by atoms with Crippen molar-refractivity contribution >= 4 is 11.9 Å².